The van der Waals surface area contributed by atoms with E-state index in [0.717, 1.165) is 16.7 Å². The van der Waals surface area contributed by atoms with E-state index < -0.39 is 18.7 Å². The Morgan fingerprint density at radius 1 is 0.720 bits per heavy atom. The van der Waals surface area contributed by atoms with Crippen LogP contribution in [0.5, 0.6) is 0 Å². The number of benzene rings is 3. The average molecular weight is 332 g/mol. The van der Waals surface area contributed by atoms with Crippen LogP contribution in [-0.2, 0) is 9.53 Å². The van der Waals surface area contributed by atoms with Gasteiger partial charge >= 0.3 is 5.97 Å². The number of esters is 1. The number of aliphatic hydroxyl groups excluding tert-OH is 1. The van der Waals surface area contributed by atoms with Gasteiger partial charge in [-0.05, 0) is 16.7 Å². The molecule has 0 aromatic heterocycles. The minimum absolute atomic E-state index is 0.166. The summed E-state index contributed by atoms with van der Waals surface area (Å²) < 4.78 is 5.67. The molecule has 3 rings (SSSR count). The normalized spacial score (nSPS) is 11.9. The summed E-state index contributed by atoms with van der Waals surface area (Å²) in [5.74, 6) is -0.800. The molecule has 0 aliphatic rings. The largest absolute Gasteiger partial charge is 0.455 e. The molecular formula is C22H20O3. The van der Waals surface area contributed by atoms with Crippen LogP contribution in [0.1, 0.15) is 28.7 Å². The maximum absolute atomic E-state index is 11.9. The summed E-state index contributed by atoms with van der Waals surface area (Å²) >= 11 is 0. The van der Waals surface area contributed by atoms with Crippen LogP contribution in [0, 0.1) is 0 Å². The molecule has 0 saturated heterocycles. The molecule has 0 radical (unpaired) electrons. The van der Waals surface area contributed by atoms with Crippen molar-refractivity contribution in [2.75, 3.05) is 6.61 Å². The monoisotopic (exact) mass is 332 g/mol. The van der Waals surface area contributed by atoms with E-state index in [9.17, 15) is 9.90 Å². The summed E-state index contributed by atoms with van der Waals surface area (Å²) in [6.07, 6.45) is -0.523. The van der Waals surface area contributed by atoms with E-state index in [0.29, 0.717) is 0 Å². The third-order valence-corrected chi connectivity index (χ3v) is 4.14. The van der Waals surface area contributed by atoms with Gasteiger partial charge in [0.25, 0.3) is 0 Å². The zero-order chi connectivity index (χ0) is 17.5. The predicted octanol–water partition coefficient (Wildman–Crippen LogP) is 4.10. The van der Waals surface area contributed by atoms with Crippen molar-refractivity contribution in [3.63, 3.8) is 0 Å². The Hall–Kier alpha value is -2.91. The van der Waals surface area contributed by atoms with Crippen molar-refractivity contribution in [3.05, 3.63) is 108 Å². The molecule has 0 aliphatic carbocycles. The highest BCUT2D eigenvalue weighted by atomic mass is 16.6. The maximum atomic E-state index is 11.9. The Morgan fingerprint density at radius 3 is 1.52 bits per heavy atom. The molecule has 1 N–H and O–H groups in total. The molecule has 0 bridgehead atoms. The van der Waals surface area contributed by atoms with E-state index in [1.165, 1.54) is 0 Å². The first-order chi connectivity index (χ1) is 12.3. The molecule has 3 aromatic carbocycles. The van der Waals surface area contributed by atoms with E-state index in [1.807, 2.05) is 91.0 Å². The molecule has 0 unspecified atom stereocenters. The van der Waals surface area contributed by atoms with E-state index >= 15 is 0 Å². The summed E-state index contributed by atoms with van der Waals surface area (Å²) in [7, 11) is 0. The molecule has 0 spiro atoms. The van der Waals surface area contributed by atoms with E-state index in [1.54, 1.807) is 0 Å². The first-order valence-electron chi connectivity index (χ1n) is 8.25. The predicted molar refractivity (Wildman–Crippen MR) is 97.1 cm³/mol. The Bertz CT molecular complexity index is 746. The number of hydrogen-bond donors (Lipinski definition) is 1. The second kappa shape index (κ2) is 8.27. The van der Waals surface area contributed by atoms with Gasteiger partial charge in [0.2, 0.25) is 0 Å². The van der Waals surface area contributed by atoms with Crippen molar-refractivity contribution in [3.8, 4) is 0 Å². The van der Waals surface area contributed by atoms with Crippen LogP contribution in [-0.4, -0.2) is 17.7 Å². The second-order valence-corrected chi connectivity index (χ2v) is 5.78. The van der Waals surface area contributed by atoms with Gasteiger partial charge in [-0.3, -0.25) is 0 Å². The molecular weight excluding hydrogens is 312 g/mol. The van der Waals surface area contributed by atoms with Crippen LogP contribution in [0.3, 0.4) is 0 Å². The van der Waals surface area contributed by atoms with Crippen molar-refractivity contribution in [2.45, 2.75) is 12.0 Å². The number of carbonyl (C=O) groups is 1. The van der Waals surface area contributed by atoms with Crippen LogP contribution in [0.25, 0.3) is 0 Å². The molecule has 0 amide bonds. The van der Waals surface area contributed by atoms with Crippen LogP contribution in [0.2, 0.25) is 0 Å². The number of hydrogen-bond acceptors (Lipinski definition) is 3. The minimum Gasteiger partial charge on any atom is -0.455 e. The standard InChI is InChI=1S/C22H20O3/c23-16-20(24)25-22(19-14-8-3-9-15-19)21(17-10-4-1-5-11-17)18-12-6-2-7-13-18/h1-15,21-23H,16H2/t22-/m1/s1. The molecule has 0 heterocycles. The van der Waals surface area contributed by atoms with Crippen molar-refractivity contribution >= 4 is 5.97 Å². The van der Waals surface area contributed by atoms with Crippen molar-refractivity contribution in [1.82, 2.24) is 0 Å². The summed E-state index contributed by atoms with van der Waals surface area (Å²) in [6, 6.07) is 29.6. The van der Waals surface area contributed by atoms with Crippen molar-refractivity contribution in [2.24, 2.45) is 0 Å². The lowest BCUT2D eigenvalue weighted by molar-refractivity contribution is -0.153. The van der Waals surface area contributed by atoms with Gasteiger partial charge in [-0.15, -0.1) is 0 Å². The van der Waals surface area contributed by atoms with Gasteiger partial charge in [0, 0.05) is 0 Å². The summed E-state index contributed by atoms with van der Waals surface area (Å²) in [5.41, 5.74) is 2.99. The van der Waals surface area contributed by atoms with Gasteiger partial charge in [0.15, 0.2) is 0 Å². The van der Waals surface area contributed by atoms with E-state index in [2.05, 4.69) is 0 Å². The summed E-state index contributed by atoms with van der Waals surface area (Å²) in [6.45, 7) is -0.639. The lowest BCUT2D eigenvalue weighted by Gasteiger charge is -2.28. The van der Waals surface area contributed by atoms with E-state index in [4.69, 9.17) is 4.74 Å². The third kappa shape index (κ3) is 4.14. The fourth-order valence-electron chi connectivity index (χ4n) is 3.01. The fourth-order valence-corrected chi connectivity index (χ4v) is 3.01. The zero-order valence-corrected chi connectivity index (χ0v) is 13.8. The molecule has 3 heteroatoms. The van der Waals surface area contributed by atoms with Crippen LogP contribution in [0.15, 0.2) is 91.0 Å². The van der Waals surface area contributed by atoms with Gasteiger partial charge in [0.05, 0.1) is 5.92 Å². The van der Waals surface area contributed by atoms with Gasteiger partial charge in [-0.25, -0.2) is 4.79 Å². The van der Waals surface area contributed by atoms with Crippen molar-refractivity contribution in [1.29, 1.82) is 0 Å². The lowest BCUT2D eigenvalue weighted by atomic mass is 9.83. The molecule has 0 saturated carbocycles. The number of carbonyl (C=O) groups excluding carboxylic acids is 1. The van der Waals surface area contributed by atoms with Crippen molar-refractivity contribution < 1.29 is 14.6 Å². The SMILES string of the molecule is O=C(CO)O[C@H](c1ccccc1)C(c1ccccc1)c1ccccc1. The minimum atomic E-state index is -0.639. The molecule has 3 nitrogen and oxygen atoms in total. The van der Waals surface area contributed by atoms with Gasteiger partial charge < -0.3 is 9.84 Å². The van der Waals surface area contributed by atoms with Crippen LogP contribution >= 0.6 is 0 Å². The molecule has 126 valence electrons. The number of rotatable bonds is 6. The molecule has 0 fully saturated rings. The summed E-state index contributed by atoms with van der Waals surface area (Å²) in [5, 5.41) is 9.18. The van der Waals surface area contributed by atoms with Gasteiger partial charge in [0.1, 0.15) is 12.7 Å². The summed E-state index contributed by atoms with van der Waals surface area (Å²) in [4.78, 5) is 11.9. The first-order valence-corrected chi connectivity index (χ1v) is 8.25. The van der Waals surface area contributed by atoms with Gasteiger partial charge in [-0.2, -0.15) is 0 Å². The number of ether oxygens (including phenoxy) is 1. The second-order valence-electron chi connectivity index (χ2n) is 5.78. The van der Waals surface area contributed by atoms with Crippen LogP contribution in [0.4, 0.5) is 0 Å². The van der Waals surface area contributed by atoms with Crippen LogP contribution < -0.4 is 0 Å². The Balaban J connectivity index is 2.11. The smallest absolute Gasteiger partial charge is 0.332 e. The maximum Gasteiger partial charge on any atom is 0.332 e. The molecule has 25 heavy (non-hydrogen) atoms. The quantitative estimate of drug-likeness (QED) is 0.692. The average Bonchev–Trinajstić information content (AvgIpc) is 2.69. The first kappa shape index (κ1) is 16.9. The molecule has 0 aliphatic heterocycles. The highest BCUT2D eigenvalue weighted by molar-refractivity contribution is 5.71. The Labute approximate surface area is 147 Å². The highest BCUT2D eigenvalue weighted by Gasteiger charge is 2.29. The highest BCUT2D eigenvalue weighted by Crippen LogP contribution is 2.39. The van der Waals surface area contributed by atoms with Gasteiger partial charge in [-0.1, -0.05) is 91.0 Å². The Kier molecular flexibility index (Phi) is 5.60. The fraction of sp³-hybridized carbons (Fsp3) is 0.136. The Morgan fingerprint density at radius 2 is 1.12 bits per heavy atom. The lowest BCUT2D eigenvalue weighted by Crippen LogP contribution is -2.21. The number of aliphatic hydroxyl groups is 1. The third-order valence-electron chi connectivity index (χ3n) is 4.14. The molecule has 3 aromatic rings. The topological polar surface area (TPSA) is 46.5 Å². The molecule has 1 atom stereocenters. The van der Waals surface area contributed by atoms with E-state index in [-0.39, 0.29) is 5.92 Å². The zero-order valence-electron chi connectivity index (χ0n) is 13.8.